The number of hydrogen-bond acceptors (Lipinski definition) is 1. The summed E-state index contributed by atoms with van der Waals surface area (Å²) >= 11 is 0. The van der Waals surface area contributed by atoms with Gasteiger partial charge in [-0.25, -0.2) is 0 Å². The van der Waals surface area contributed by atoms with Gasteiger partial charge in [0.05, 0.1) is 0 Å². The summed E-state index contributed by atoms with van der Waals surface area (Å²) in [5, 5.41) is 0. The monoisotopic (exact) mass is 252 g/mol. The van der Waals surface area contributed by atoms with Crippen LogP contribution < -0.4 is 0 Å². The number of Topliss-reactive ketones (excluding diaryl/α,β-unsaturated/α-hetero) is 1. The maximum absolute atomic E-state index is 12.3. The van der Waals surface area contributed by atoms with Crippen molar-refractivity contribution in [2.45, 2.75) is 32.1 Å². The van der Waals surface area contributed by atoms with Crippen molar-refractivity contribution in [2.24, 2.45) is 0 Å². The van der Waals surface area contributed by atoms with Crippen molar-refractivity contribution in [3.05, 3.63) is 71.8 Å². The number of aryl methyl sites for hydroxylation is 1. The van der Waals surface area contributed by atoms with E-state index in [0.29, 0.717) is 12.2 Å². The Hall–Kier alpha value is -1.89. The minimum absolute atomic E-state index is 0.0462. The predicted molar refractivity (Wildman–Crippen MR) is 79.2 cm³/mol. The van der Waals surface area contributed by atoms with Crippen LogP contribution in [0.3, 0.4) is 0 Å². The van der Waals surface area contributed by atoms with Crippen LogP contribution in [0.15, 0.2) is 60.7 Å². The third kappa shape index (κ3) is 3.78. The fraction of sp³-hybridized carbons (Fsp3) is 0.278. The molecule has 0 heterocycles. The van der Waals surface area contributed by atoms with Crippen LogP contribution >= 0.6 is 0 Å². The molecule has 0 amide bonds. The second-order valence-electron chi connectivity index (χ2n) is 4.82. The Balaban J connectivity index is 1.98. The summed E-state index contributed by atoms with van der Waals surface area (Å²) < 4.78 is 0. The highest BCUT2D eigenvalue weighted by Crippen LogP contribution is 2.22. The molecule has 0 saturated heterocycles. The molecule has 0 bridgehead atoms. The summed E-state index contributed by atoms with van der Waals surface area (Å²) in [5.41, 5.74) is 2.38. The molecular formula is C18H20O. The van der Waals surface area contributed by atoms with Gasteiger partial charge in [-0.15, -0.1) is 0 Å². The molecule has 1 unspecified atom stereocenters. The van der Waals surface area contributed by atoms with Gasteiger partial charge in [0.2, 0.25) is 0 Å². The van der Waals surface area contributed by atoms with E-state index in [9.17, 15) is 4.79 Å². The molecule has 0 aliphatic heterocycles. The lowest BCUT2D eigenvalue weighted by molar-refractivity contribution is -0.120. The van der Waals surface area contributed by atoms with Gasteiger partial charge in [0.1, 0.15) is 5.78 Å². The van der Waals surface area contributed by atoms with Gasteiger partial charge in [0, 0.05) is 12.3 Å². The minimum Gasteiger partial charge on any atom is -0.299 e. The second kappa shape index (κ2) is 6.89. The maximum atomic E-state index is 12.3. The fourth-order valence-corrected chi connectivity index (χ4v) is 2.42. The third-order valence-electron chi connectivity index (χ3n) is 3.50. The van der Waals surface area contributed by atoms with Gasteiger partial charge in [-0.05, 0) is 24.0 Å². The number of benzene rings is 2. The molecule has 0 spiro atoms. The quantitative estimate of drug-likeness (QED) is 0.745. The van der Waals surface area contributed by atoms with E-state index in [1.807, 2.05) is 36.4 Å². The van der Waals surface area contributed by atoms with Crippen molar-refractivity contribution >= 4 is 5.78 Å². The highest BCUT2D eigenvalue weighted by molar-refractivity contribution is 5.85. The Kier molecular flexibility index (Phi) is 4.91. The molecule has 1 heteroatoms. The van der Waals surface area contributed by atoms with Crippen LogP contribution in [0.2, 0.25) is 0 Å². The van der Waals surface area contributed by atoms with Crippen molar-refractivity contribution < 1.29 is 4.79 Å². The van der Waals surface area contributed by atoms with Gasteiger partial charge < -0.3 is 0 Å². The van der Waals surface area contributed by atoms with Crippen molar-refractivity contribution in [1.29, 1.82) is 0 Å². The number of hydrogen-bond donors (Lipinski definition) is 0. The number of ketones is 1. The Bertz CT molecular complexity index is 502. The Morgan fingerprint density at radius 2 is 1.53 bits per heavy atom. The fourth-order valence-electron chi connectivity index (χ4n) is 2.42. The van der Waals surface area contributed by atoms with Crippen LogP contribution in [0, 0.1) is 0 Å². The van der Waals surface area contributed by atoms with Crippen LogP contribution in [-0.2, 0) is 11.2 Å². The van der Waals surface area contributed by atoms with Crippen LogP contribution in [0.4, 0.5) is 0 Å². The van der Waals surface area contributed by atoms with Gasteiger partial charge in [-0.1, -0.05) is 67.6 Å². The van der Waals surface area contributed by atoms with E-state index in [1.54, 1.807) is 0 Å². The predicted octanol–water partition coefficient (Wildman–Crippen LogP) is 4.38. The van der Waals surface area contributed by atoms with Gasteiger partial charge in [-0.2, -0.15) is 0 Å². The van der Waals surface area contributed by atoms with E-state index in [4.69, 9.17) is 0 Å². The zero-order chi connectivity index (χ0) is 13.5. The summed E-state index contributed by atoms with van der Waals surface area (Å²) in [6, 6.07) is 20.3. The Morgan fingerprint density at radius 3 is 2.11 bits per heavy atom. The first-order valence-corrected chi connectivity index (χ1v) is 6.93. The molecule has 2 rings (SSSR count). The van der Waals surface area contributed by atoms with E-state index in [-0.39, 0.29) is 5.92 Å². The average molecular weight is 252 g/mol. The lowest BCUT2D eigenvalue weighted by Gasteiger charge is -2.14. The molecular weight excluding hydrogens is 232 g/mol. The zero-order valence-corrected chi connectivity index (χ0v) is 11.4. The maximum Gasteiger partial charge on any atom is 0.140 e. The Morgan fingerprint density at radius 1 is 0.947 bits per heavy atom. The molecule has 0 aliphatic carbocycles. The standard InChI is InChI=1S/C18H20O/c1-2-17(16-11-7-4-8-12-16)18(19)14-13-15-9-5-3-6-10-15/h3-12,17H,2,13-14H2,1H3. The highest BCUT2D eigenvalue weighted by atomic mass is 16.1. The minimum atomic E-state index is 0.0462. The molecule has 0 saturated carbocycles. The molecule has 0 aliphatic rings. The van der Waals surface area contributed by atoms with Crippen LogP contribution in [-0.4, -0.2) is 5.78 Å². The van der Waals surface area contributed by atoms with Gasteiger partial charge in [-0.3, -0.25) is 4.79 Å². The van der Waals surface area contributed by atoms with Gasteiger partial charge >= 0.3 is 0 Å². The normalized spacial score (nSPS) is 12.1. The van der Waals surface area contributed by atoms with Gasteiger partial charge in [0.25, 0.3) is 0 Å². The molecule has 0 radical (unpaired) electrons. The molecule has 0 fully saturated rings. The van der Waals surface area contributed by atoms with E-state index in [0.717, 1.165) is 18.4 Å². The number of carbonyl (C=O) groups is 1. The SMILES string of the molecule is CCC(C(=O)CCc1ccccc1)c1ccccc1. The van der Waals surface area contributed by atoms with Crippen LogP contribution in [0.25, 0.3) is 0 Å². The molecule has 2 aromatic rings. The lowest BCUT2D eigenvalue weighted by atomic mass is 9.89. The molecule has 19 heavy (non-hydrogen) atoms. The summed E-state index contributed by atoms with van der Waals surface area (Å²) in [6.45, 7) is 2.08. The topological polar surface area (TPSA) is 17.1 Å². The first-order chi connectivity index (χ1) is 9.31. The summed E-state index contributed by atoms with van der Waals surface area (Å²) in [7, 11) is 0. The van der Waals surface area contributed by atoms with E-state index in [2.05, 4.69) is 31.2 Å². The molecule has 1 atom stereocenters. The zero-order valence-electron chi connectivity index (χ0n) is 11.4. The first-order valence-electron chi connectivity index (χ1n) is 6.93. The number of rotatable bonds is 6. The molecule has 98 valence electrons. The van der Waals surface area contributed by atoms with E-state index in [1.165, 1.54) is 5.56 Å². The molecule has 1 nitrogen and oxygen atoms in total. The summed E-state index contributed by atoms with van der Waals surface area (Å²) in [5.74, 6) is 0.391. The van der Waals surface area contributed by atoms with Crippen molar-refractivity contribution in [1.82, 2.24) is 0 Å². The number of carbonyl (C=O) groups excluding carboxylic acids is 1. The molecule has 0 N–H and O–H groups in total. The lowest BCUT2D eigenvalue weighted by Crippen LogP contribution is -2.12. The van der Waals surface area contributed by atoms with Crippen LogP contribution in [0.1, 0.15) is 36.8 Å². The average Bonchev–Trinajstić information content (AvgIpc) is 2.48. The smallest absolute Gasteiger partial charge is 0.140 e. The van der Waals surface area contributed by atoms with Gasteiger partial charge in [0.15, 0.2) is 0 Å². The van der Waals surface area contributed by atoms with Crippen molar-refractivity contribution in [2.75, 3.05) is 0 Å². The van der Waals surface area contributed by atoms with Crippen molar-refractivity contribution in [3.63, 3.8) is 0 Å². The highest BCUT2D eigenvalue weighted by Gasteiger charge is 2.17. The van der Waals surface area contributed by atoms with Crippen LogP contribution in [0.5, 0.6) is 0 Å². The molecule has 0 aromatic heterocycles. The summed E-state index contributed by atoms with van der Waals surface area (Å²) in [6.07, 6.45) is 2.33. The summed E-state index contributed by atoms with van der Waals surface area (Å²) in [4.78, 5) is 12.3. The van der Waals surface area contributed by atoms with E-state index < -0.39 is 0 Å². The molecule has 2 aromatic carbocycles. The second-order valence-corrected chi connectivity index (χ2v) is 4.82. The third-order valence-corrected chi connectivity index (χ3v) is 3.50. The Labute approximate surface area is 115 Å². The van der Waals surface area contributed by atoms with Crippen molar-refractivity contribution in [3.8, 4) is 0 Å². The van der Waals surface area contributed by atoms with E-state index >= 15 is 0 Å². The largest absolute Gasteiger partial charge is 0.299 e. The first kappa shape index (κ1) is 13.5.